The van der Waals surface area contributed by atoms with E-state index in [1.165, 1.54) is 0 Å². The Morgan fingerprint density at radius 3 is 2.71 bits per heavy atom. The molecule has 0 aliphatic heterocycles. The summed E-state index contributed by atoms with van der Waals surface area (Å²) in [4.78, 5) is 16.4. The normalized spacial score (nSPS) is 10.5. The van der Waals surface area contributed by atoms with E-state index in [-0.39, 0.29) is 5.91 Å². The fourth-order valence-corrected chi connectivity index (χ4v) is 2.70. The van der Waals surface area contributed by atoms with Crippen LogP contribution >= 0.6 is 0 Å². The van der Waals surface area contributed by atoms with E-state index in [0.717, 1.165) is 11.3 Å². The molecule has 0 aliphatic rings. The molecule has 3 rings (SSSR count). The molecule has 0 saturated heterocycles. The van der Waals surface area contributed by atoms with Crippen LogP contribution in [0.2, 0.25) is 0 Å². The number of nitrogens with zero attached hydrogens (tertiary/aromatic N) is 2. The molecule has 1 amide bonds. The lowest BCUT2D eigenvalue weighted by molar-refractivity contribution is -0.116. The summed E-state index contributed by atoms with van der Waals surface area (Å²) in [6, 6.07) is 14.9. The Morgan fingerprint density at radius 1 is 1.14 bits per heavy atom. The van der Waals surface area contributed by atoms with Gasteiger partial charge in [-0.3, -0.25) is 4.79 Å². The topological polar surface area (TPSA) is 86.5 Å². The van der Waals surface area contributed by atoms with E-state index in [2.05, 4.69) is 15.5 Å². The molecule has 1 aromatic heterocycles. The molecule has 28 heavy (non-hydrogen) atoms. The summed E-state index contributed by atoms with van der Waals surface area (Å²) in [7, 11) is 1.60. The molecule has 0 unspecified atom stereocenters. The van der Waals surface area contributed by atoms with Crippen LogP contribution in [-0.2, 0) is 11.2 Å². The number of para-hydroxylation sites is 1. The number of carbonyl (C=O) groups excluding carboxylic acids is 1. The third-order valence-electron chi connectivity index (χ3n) is 4.04. The molecule has 0 radical (unpaired) electrons. The number of rotatable bonds is 9. The van der Waals surface area contributed by atoms with E-state index in [4.69, 9.17) is 14.0 Å². The van der Waals surface area contributed by atoms with Crippen LogP contribution in [0.4, 0.5) is 5.69 Å². The van der Waals surface area contributed by atoms with Gasteiger partial charge in [-0.15, -0.1) is 0 Å². The molecule has 7 heteroatoms. The average Bonchev–Trinajstić information content (AvgIpc) is 3.18. The summed E-state index contributed by atoms with van der Waals surface area (Å²) >= 11 is 0. The summed E-state index contributed by atoms with van der Waals surface area (Å²) in [6.07, 6.45) is 1.53. The molecule has 3 aromatic rings. The van der Waals surface area contributed by atoms with Gasteiger partial charge in [0.1, 0.15) is 0 Å². The lowest BCUT2D eigenvalue weighted by atomic mass is 10.2. The van der Waals surface area contributed by atoms with Crippen molar-refractivity contribution >= 4 is 11.6 Å². The number of benzene rings is 2. The molecule has 2 aromatic carbocycles. The number of nitrogens with one attached hydrogen (secondary N) is 1. The van der Waals surface area contributed by atoms with Gasteiger partial charge in [-0.05, 0) is 43.7 Å². The maximum absolute atomic E-state index is 12.0. The smallest absolute Gasteiger partial charge is 0.226 e. The van der Waals surface area contributed by atoms with Crippen molar-refractivity contribution in [1.29, 1.82) is 0 Å². The van der Waals surface area contributed by atoms with Crippen molar-refractivity contribution in [2.24, 2.45) is 0 Å². The van der Waals surface area contributed by atoms with E-state index in [9.17, 15) is 4.79 Å². The van der Waals surface area contributed by atoms with Crippen LogP contribution in [-0.4, -0.2) is 29.8 Å². The van der Waals surface area contributed by atoms with Gasteiger partial charge in [0.05, 0.1) is 13.7 Å². The Labute approximate surface area is 163 Å². The van der Waals surface area contributed by atoms with Gasteiger partial charge >= 0.3 is 0 Å². The predicted octanol–water partition coefficient (Wildman–Crippen LogP) is 4.11. The van der Waals surface area contributed by atoms with Crippen LogP contribution in [0.15, 0.2) is 53.1 Å². The van der Waals surface area contributed by atoms with Crippen LogP contribution in [0, 0.1) is 0 Å². The maximum atomic E-state index is 12.0. The van der Waals surface area contributed by atoms with E-state index in [0.29, 0.717) is 49.1 Å². The summed E-state index contributed by atoms with van der Waals surface area (Å²) < 4.78 is 16.2. The summed E-state index contributed by atoms with van der Waals surface area (Å²) in [6.45, 7) is 2.44. The summed E-state index contributed by atoms with van der Waals surface area (Å²) in [5.74, 6) is 2.22. The first-order chi connectivity index (χ1) is 13.7. The van der Waals surface area contributed by atoms with Gasteiger partial charge < -0.3 is 19.3 Å². The van der Waals surface area contributed by atoms with Crippen molar-refractivity contribution in [3.8, 4) is 22.9 Å². The van der Waals surface area contributed by atoms with Gasteiger partial charge in [-0.1, -0.05) is 23.4 Å². The molecule has 1 heterocycles. The number of carbonyl (C=O) groups is 1. The van der Waals surface area contributed by atoms with E-state index in [1.54, 1.807) is 7.11 Å². The highest BCUT2D eigenvalue weighted by atomic mass is 16.5. The van der Waals surface area contributed by atoms with Gasteiger partial charge in [0.25, 0.3) is 0 Å². The largest absolute Gasteiger partial charge is 0.493 e. The minimum Gasteiger partial charge on any atom is -0.493 e. The van der Waals surface area contributed by atoms with Crippen LogP contribution in [0.1, 0.15) is 25.7 Å². The summed E-state index contributed by atoms with van der Waals surface area (Å²) in [5, 5.41) is 6.88. The van der Waals surface area contributed by atoms with Gasteiger partial charge in [0.15, 0.2) is 11.5 Å². The maximum Gasteiger partial charge on any atom is 0.226 e. The number of hydrogen-bond acceptors (Lipinski definition) is 6. The Bertz CT molecular complexity index is 909. The van der Waals surface area contributed by atoms with E-state index < -0.39 is 0 Å². The lowest BCUT2D eigenvalue weighted by Crippen LogP contribution is -2.11. The van der Waals surface area contributed by atoms with Crippen molar-refractivity contribution in [3.05, 3.63) is 54.4 Å². The quantitative estimate of drug-likeness (QED) is 0.600. The third kappa shape index (κ3) is 5.09. The SMILES string of the molecule is CCOc1cc(-c2noc(CCCC(=O)Nc3ccccc3)n2)ccc1OC. The average molecular weight is 381 g/mol. The second-order valence-electron chi connectivity index (χ2n) is 6.08. The lowest BCUT2D eigenvalue weighted by Gasteiger charge is -2.09. The van der Waals surface area contributed by atoms with Crippen molar-refractivity contribution in [1.82, 2.24) is 10.1 Å². The number of methoxy groups -OCH3 is 1. The number of anilines is 1. The second kappa shape index (κ2) is 9.55. The van der Waals surface area contributed by atoms with Gasteiger partial charge in [0, 0.05) is 24.1 Å². The van der Waals surface area contributed by atoms with Crippen LogP contribution < -0.4 is 14.8 Å². The molecule has 1 N–H and O–H groups in total. The second-order valence-corrected chi connectivity index (χ2v) is 6.08. The van der Waals surface area contributed by atoms with E-state index >= 15 is 0 Å². The van der Waals surface area contributed by atoms with Crippen molar-refractivity contribution < 1.29 is 18.8 Å². The van der Waals surface area contributed by atoms with Gasteiger partial charge in [-0.25, -0.2) is 0 Å². The monoisotopic (exact) mass is 381 g/mol. The number of ether oxygens (including phenoxy) is 2. The standard InChI is InChI=1S/C21H23N3O4/c1-3-27-18-14-15(12-13-17(18)26-2)21-23-20(28-24-21)11-7-10-19(25)22-16-8-5-4-6-9-16/h4-6,8-9,12-14H,3,7,10-11H2,1-2H3,(H,22,25). The third-order valence-corrected chi connectivity index (χ3v) is 4.04. The molecule has 7 nitrogen and oxygen atoms in total. The van der Waals surface area contributed by atoms with Crippen molar-refractivity contribution in [3.63, 3.8) is 0 Å². The zero-order valence-corrected chi connectivity index (χ0v) is 16.0. The molecule has 0 saturated carbocycles. The molecular weight excluding hydrogens is 358 g/mol. The molecule has 0 aliphatic carbocycles. The first kappa shape index (κ1) is 19.4. The summed E-state index contributed by atoms with van der Waals surface area (Å²) in [5.41, 5.74) is 1.57. The molecule has 0 spiro atoms. The number of hydrogen-bond donors (Lipinski definition) is 1. The van der Waals surface area contributed by atoms with E-state index in [1.807, 2.05) is 55.5 Å². The zero-order chi connectivity index (χ0) is 19.8. The molecule has 146 valence electrons. The van der Waals surface area contributed by atoms with Crippen molar-refractivity contribution in [2.45, 2.75) is 26.2 Å². The first-order valence-corrected chi connectivity index (χ1v) is 9.18. The minimum atomic E-state index is -0.0394. The molecule has 0 bridgehead atoms. The van der Waals surface area contributed by atoms with Crippen molar-refractivity contribution in [2.75, 3.05) is 19.0 Å². The minimum absolute atomic E-state index is 0.0394. The van der Waals surface area contributed by atoms with Crippen LogP contribution in [0.25, 0.3) is 11.4 Å². The number of aromatic nitrogens is 2. The molecule has 0 fully saturated rings. The fourth-order valence-electron chi connectivity index (χ4n) is 2.70. The highest BCUT2D eigenvalue weighted by Gasteiger charge is 2.13. The molecule has 0 atom stereocenters. The Morgan fingerprint density at radius 2 is 1.96 bits per heavy atom. The Balaban J connectivity index is 1.55. The fraction of sp³-hybridized carbons (Fsp3) is 0.286. The van der Waals surface area contributed by atoms with Crippen LogP contribution in [0.3, 0.4) is 0 Å². The zero-order valence-electron chi connectivity index (χ0n) is 16.0. The highest BCUT2D eigenvalue weighted by Crippen LogP contribution is 2.31. The first-order valence-electron chi connectivity index (χ1n) is 9.18. The van der Waals surface area contributed by atoms with Gasteiger partial charge in [-0.2, -0.15) is 4.98 Å². The Hall–Kier alpha value is -3.35. The predicted molar refractivity (Wildman–Crippen MR) is 105 cm³/mol. The highest BCUT2D eigenvalue weighted by molar-refractivity contribution is 5.90. The number of aryl methyl sites for hydroxylation is 1. The molecular formula is C21H23N3O4. The number of amides is 1. The Kier molecular flexibility index (Phi) is 6.62. The van der Waals surface area contributed by atoms with Crippen LogP contribution in [0.5, 0.6) is 11.5 Å². The van der Waals surface area contributed by atoms with Gasteiger partial charge in [0.2, 0.25) is 17.6 Å².